The van der Waals surface area contributed by atoms with Gasteiger partial charge in [-0.2, -0.15) is 0 Å². The van der Waals surface area contributed by atoms with Crippen LogP contribution in [0.4, 0.5) is 4.39 Å². The molecule has 2 aromatic rings. The standard InChI is InChI=1S/C28H35FN2O5/c1-5-30(6-2)16-9-17-31-25(20-12-15-22(35-7-3)23(18-20)36-8-4)24(27(33)28(31)34)26(32)19-10-13-21(29)14-11-19/h10-15,18,25,32H,5-9,16-17H2,1-4H3/t25-/m0/s1. The molecule has 36 heavy (non-hydrogen) atoms. The molecule has 1 fully saturated rings. The van der Waals surface area contributed by atoms with Gasteiger partial charge in [0.1, 0.15) is 11.6 Å². The predicted molar refractivity (Wildman–Crippen MR) is 137 cm³/mol. The van der Waals surface area contributed by atoms with E-state index in [2.05, 4.69) is 18.7 Å². The van der Waals surface area contributed by atoms with E-state index in [1.807, 2.05) is 13.8 Å². The number of likely N-dealkylation sites (tertiary alicyclic amines) is 1. The average Bonchev–Trinajstić information content (AvgIpc) is 3.13. The summed E-state index contributed by atoms with van der Waals surface area (Å²) in [5.41, 5.74) is 0.854. The number of carbonyl (C=O) groups is 2. The normalized spacial score (nSPS) is 17.2. The summed E-state index contributed by atoms with van der Waals surface area (Å²) in [4.78, 5) is 30.2. The second-order valence-corrected chi connectivity index (χ2v) is 8.45. The van der Waals surface area contributed by atoms with Crippen molar-refractivity contribution in [1.82, 2.24) is 9.80 Å². The summed E-state index contributed by atoms with van der Waals surface area (Å²) >= 11 is 0. The summed E-state index contributed by atoms with van der Waals surface area (Å²) in [6.45, 7) is 11.6. The summed E-state index contributed by atoms with van der Waals surface area (Å²) in [7, 11) is 0. The van der Waals surface area contributed by atoms with E-state index in [0.717, 1.165) is 19.6 Å². The van der Waals surface area contributed by atoms with Crippen molar-refractivity contribution in [2.45, 2.75) is 40.2 Å². The van der Waals surface area contributed by atoms with Gasteiger partial charge in [0.25, 0.3) is 11.7 Å². The smallest absolute Gasteiger partial charge is 0.295 e. The molecule has 8 heteroatoms. The van der Waals surface area contributed by atoms with E-state index < -0.39 is 23.5 Å². The lowest BCUT2D eigenvalue weighted by Crippen LogP contribution is -2.33. The largest absolute Gasteiger partial charge is 0.507 e. The lowest BCUT2D eigenvalue weighted by Gasteiger charge is -2.27. The van der Waals surface area contributed by atoms with E-state index in [9.17, 15) is 19.1 Å². The second kappa shape index (κ2) is 12.5. The number of ether oxygens (including phenoxy) is 2. The molecule has 1 aliphatic heterocycles. The van der Waals surface area contributed by atoms with Gasteiger partial charge in [-0.15, -0.1) is 0 Å². The molecule has 0 radical (unpaired) electrons. The van der Waals surface area contributed by atoms with Crippen molar-refractivity contribution in [3.05, 3.63) is 65.0 Å². The molecule has 7 nitrogen and oxygen atoms in total. The molecule has 1 amide bonds. The second-order valence-electron chi connectivity index (χ2n) is 8.45. The van der Waals surface area contributed by atoms with Crippen LogP contribution in [0.5, 0.6) is 11.5 Å². The monoisotopic (exact) mass is 498 g/mol. The van der Waals surface area contributed by atoms with Gasteiger partial charge in [0.15, 0.2) is 11.5 Å². The van der Waals surface area contributed by atoms with E-state index in [0.29, 0.717) is 43.2 Å². The first-order valence-corrected chi connectivity index (χ1v) is 12.5. The third kappa shape index (κ3) is 5.87. The average molecular weight is 499 g/mol. The summed E-state index contributed by atoms with van der Waals surface area (Å²) in [6, 6.07) is 9.64. The van der Waals surface area contributed by atoms with Crippen molar-refractivity contribution in [3.8, 4) is 11.5 Å². The number of carbonyl (C=O) groups excluding carboxylic acids is 2. The van der Waals surface area contributed by atoms with E-state index in [4.69, 9.17) is 9.47 Å². The Labute approximate surface area is 212 Å². The molecule has 1 atom stereocenters. The number of aliphatic hydroxyl groups excluding tert-OH is 1. The number of ketones is 1. The van der Waals surface area contributed by atoms with Crippen LogP contribution >= 0.6 is 0 Å². The number of hydrogen-bond acceptors (Lipinski definition) is 6. The molecule has 1 N–H and O–H groups in total. The Morgan fingerprint density at radius 3 is 2.22 bits per heavy atom. The highest BCUT2D eigenvalue weighted by atomic mass is 19.1. The Morgan fingerprint density at radius 2 is 1.61 bits per heavy atom. The highest BCUT2D eigenvalue weighted by Crippen LogP contribution is 2.42. The third-order valence-corrected chi connectivity index (χ3v) is 6.31. The van der Waals surface area contributed by atoms with Crippen molar-refractivity contribution in [2.75, 3.05) is 39.4 Å². The fraction of sp³-hybridized carbons (Fsp3) is 0.429. The first-order valence-electron chi connectivity index (χ1n) is 12.5. The highest BCUT2D eigenvalue weighted by Gasteiger charge is 2.46. The minimum absolute atomic E-state index is 0.0268. The van der Waals surface area contributed by atoms with Gasteiger partial charge >= 0.3 is 0 Å². The maximum Gasteiger partial charge on any atom is 0.295 e. The van der Waals surface area contributed by atoms with Crippen LogP contribution in [0.15, 0.2) is 48.0 Å². The van der Waals surface area contributed by atoms with Gasteiger partial charge in [0.2, 0.25) is 0 Å². The molecule has 0 unspecified atom stereocenters. The Bertz CT molecular complexity index is 1100. The SMILES string of the molecule is CCOc1ccc([C@H]2C(=C(O)c3ccc(F)cc3)C(=O)C(=O)N2CCCN(CC)CC)cc1OCC. The third-order valence-electron chi connectivity index (χ3n) is 6.31. The van der Waals surface area contributed by atoms with E-state index in [-0.39, 0.29) is 16.9 Å². The Kier molecular flexibility index (Phi) is 9.47. The van der Waals surface area contributed by atoms with Crippen molar-refractivity contribution >= 4 is 17.4 Å². The van der Waals surface area contributed by atoms with Gasteiger partial charge in [-0.1, -0.05) is 19.9 Å². The first-order chi connectivity index (χ1) is 17.4. The van der Waals surface area contributed by atoms with Crippen LogP contribution in [0.3, 0.4) is 0 Å². The molecule has 3 rings (SSSR count). The van der Waals surface area contributed by atoms with Gasteiger partial charge in [0, 0.05) is 12.1 Å². The van der Waals surface area contributed by atoms with Gasteiger partial charge in [-0.05, 0) is 81.9 Å². The molecule has 1 saturated heterocycles. The minimum atomic E-state index is -0.818. The zero-order chi connectivity index (χ0) is 26.2. The van der Waals surface area contributed by atoms with Crippen LogP contribution in [0, 0.1) is 5.82 Å². The number of aliphatic hydroxyl groups is 1. The lowest BCUT2D eigenvalue weighted by molar-refractivity contribution is -0.140. The van der Waals surface area contributed by atoms with Crippen LogP contribution in [0.2, 0.25) is 0 Å². The van der Waals surface area contributed by atoms with Crippen molar-refractivity contribution in [2.24, 2.45) is 0 Å². The Morgan fingerprint density at radius 1 is 0.972 bits per heavy atom. The van der Waals surface area contributed by atoms with Crippen LogP contribution in [-0.2, 0) is 9.59 Å². The molecule has 0 aliphatic carbocycles. The zero-order valence-corrected chi connectivity index (χ0v) is 21.4. The van der Waals surface area contributed by atoms with Crippen LogP contribution < -0.4 is 9.47 Å². The summed E-state index contributed by atoms with van der Waals surface area (Å²) in [5.74, 6) is -1.19. The van der Waals surface area contributed by atoms with E-state index in [1.54, 1.807) is 18.2 Å². The van der Waals surface area contributed by atoms with Crippen molar-refractivity contribution in [1.29, 1.82) is 0 Å². The molecule has 0 bridgehead atoms. The Hall–Kier alpha value is -3.39. The maximum absolute atomic E-state index is 13.5. The maximum atomic E-state index is 13.5. The number of rotatable bonds is 12. The molecule has 0 aromatic heterocycles. The summed E-state index contributed by atoms with van der Waals surface area (Å²) in [6.07, 6.45) is 0.664. The molecular formula is C28H35FN2O5. The lowest BCUT2D eigenvalue weighted by atomic mass is 9.95. The molecule has 2 aromatic carbocycles. The van der Waals surface area contributed by atoms with Gasteiger partial charge in [0.05, 0.1) is 24.8 Å². The molecule has 194 valence electrons. The number of hydrogen-bond donors (Lipinski definition) is 1. The van der Waals surface area contributed by atoms with Gasteiger partial charge in [-0.3, -0.25) is 9.59 Å². The number of halogens is 1. The number of Topliss-reactive ketones (excluding diaryl/α,β-unsaturated/α-hetero) is 1. The van der Waals surface area contributed by atoms with Crippen molar-refractivity contribution in [3.63, 3.8) is 0 Å². The van der Waals surface area contributed by atoms with Crippen LogP contribution in [0.25, 0.3) is 5.76 Å². The molecule has 0 saturated carbocycles. The van der Waals surface area contributed by atoms with E-state index in [1.165, 1.54) is 29.2 Å². The first kappa shape index (κ1) is 27.2. The van der Waals surface area contributed by atoms with Gasteiger partial charge < -0.3 is 24.4 Å². The highest BCUT2D eigenvalue weighted by molar-refractivity contribution is 6.46. The zero-order valence-electron chi connectivity index (χ0n) is 21.4. The molecule has 1 heterocycles. The fourth-order valence-corrected chi connectivity index (χ4v) is 4.46. The van der Waals surface area contributed by atoms with Gasteiger partial charge in [-0.25, -0.2) is 4.39 Å². The van der Waals surface area contributed by atoms with E-state index >= 15 is 0 Å². The number of nitrogens with zero attached hydrogens (tertiary/aromatic N) is 2. The topological polar surface area (TPSA) is 79.3 Å². The quantitative estimate of drug-likeness (QED) is 0.258. The van der Waals surface area contributed by atoms with Crippen LogP contribution in [-0.4, -0.2) is 66.0 Å². The summed E-state index contributed by atoms with van der Waals surface area (Å²) < 4.78 is 24.9. The predicted octanol–water partition coefficient (Wildman–Crippen LogP) is 4.78. The van der Waals surface area contributed by atoms with Crippen molar-refractivity contribution < 1.29 is 28.6 Å². The molecule has 0 spiro atoms. The molecule has 1 aliphatic rings. The Balaban J connectivity index is 2.09. The molecular weight excluding hydrogens is 463 g/mol. The number of amides is 1. The number of benzene rings is 2. The van der Waals surface area contributed by atoms with Crippen LogP contribution in [0.1, 0.15) is 51.3 Å². The minimum Gasteiger partial charge on any atom is -0.507 e. The fourth-order valence-electron chi connectivity index (χ4n) is 4.46. The summed E-state index contributed by atoms with van der Waals surface area (Å²) in [5, 5.41) is 11.1.